The van der Waals surface area contributed by atoms with Crippen LogP contribution in [-0.4, -0.2) is 22.3 Å². The van der Waals surface area contributed by atoms with Crippen LogP contribution in [0.2, 0.25) is 0 Å². The Kier molecular flexibility index (Phi) is 7.85. The van der Waals surface area contributed by atoms with Crippen LogP contribution in [0.5, 0.6) is 11.5 Å². The average Bonchev–Trinajstić information content (AvgIpc) is 3.45. The molecule has 0 bridgehead atoms. The van der Waals surface area contributed by atoms with Gasteiger partial charge in [-0.2, -0.15) is 0 Å². The van der Waals surface area contributed by atoms with E-state index in [0.717, 1.165) is 42.4 Å². The van der Waals surface area contributed by atoms with Crippen molar-refractivity contribution in [3.8, 4) is 11.5 Å². The summed E-state index contributed by atoms with van der Waals surface area (Å²) in [6, 6.07) is 16.2. The molecule has 0 unspecified atom stereocenters. The SMILES string of the molecule is COc1ccc(CSc2nnc(SCc3csc(COc4ccc(C)cc4)n3)s2)cc1. The van der Waals surface area contributed by atoms with E-state index >= 15 is 0 Å². The second kappa shape index (κ2) is 11.0. The van der Waals surface area contributed by atoms with Crippen LogP contribution in [0, 0.1) is 6.92 Å². The van der Waals surface area contributed by atoms with Crippen molar-refractivity contribution < 1.29 is 9.47 Å². The number of methoxy groups -OCH3 is 1. The molecule has 0 amide bonds. The van der Waals surface area contributed by atoms with Gasteiger partial charge in [-0.05, 0) is 36.8 Å². The molecule has 5 nitrogen and oxygen atoms in total. The third-order valence-electron chi connectivity index (χ3n) is 4.24. The topological polar surface area (TPSA) is 57.1 Å². The number of rotatable bonds is 10. The van der Waals surface area contributed by atoms with E-state index in [0.29, 0.717) is 6.61 Å². The number of aromatic nitrogens is 3. The maximum Gasteiger partial charge on any atom is 0.175 e. The van der Waals surface area contributed by atoms with Gasteiger partial charge in [0.15, 0.2) is 8.68 Å². The third-order valence-corrected chi connectivity index (χ3v) is 8.40. The molecule has 0 spiro atoms. The molecule has 9 heteroatoms. The second-order valence-electron chi connectivity index (χ2n) is 6.59. The molecule has 4 aromatic rings. The molecule has 0 fully saturated rings. The first kappa shape index (κ1) is 22.1. The summed E-state index contributed by atoms with van der Waals surface area (Å²) in [7, 11) is 1.68. The van der Waals surface area contributed by atoms with Gasteiger partial charge in [0.05, 0.1) is 12.8 Å². The third kappa shape index (κ3) is 6.70. The molecule has 31 heavy (non-hydrogen) atoms. The maximum atomic E-state index is 5.81. The molecule has 0 aliphatic carbocycles. The summed E-state index contributed by atoms with van der Waals surface area (Å²) in [4.78, 5) is 4.67. The number of benzene rings is 2. The van der Waals surface area contributed by atoms with Gasteiger partial charge in [-0.25, -0.2) is 4.98 Å². The van der Waals surface area contributed by atoms with Crippen LogP contribution in [-0.2, 0) is 18.1 Å². The quantitative estimate of drug-likeness (QED) is 0.237. The van der Waals surface area contributed by atoms with Crippen molar-refractivity contribution in [1.29, 1.82) is 0 Å². The first-order chi connectivity index (χ1) is 15.2. The molecule has 4 rings (SSSR count). The summed E-state index contributed by atoms with van der Waals surface area (Å²) in [5.74, 6) is 3.37. The van der Waals surface area contributed by atoms with Gasteiger partial charge in [-0.3, -0.25) is 0 Å². The zero-order valence-electron chi connectivity index (χ0n) is 17.1. The van der Waals surface area contributed by atoms with E-state index in [1.54, 1.807) is 53.3 Å². The molecule has 0 aliphatic heterocycles. The van der Waals surface area contributed by atoms with Crippen LogP contribution < -0.4 is 9.47 Å². The van der Waals surface area contributed by atoms with Crippen LogP contribution in [0.4, 0.5) is 0 Å². The molecule has 0 atom stereocenters. The molecule has 2 aromatic heterocycles. The van der Waals surface area contributed by atoms with Gasteiger partial charge < -0.3 is 9.47 Å². The van der Waals surface area contributed by atoms with E-state index in [4.69, 9.17) is 9.47 Å². The first-order valence-corrected chi connectivity index (χ1v) is 13.2. The lowest BCUT2D eigenvalue weighted by Gasteiger charge is -2.03. The van der Waals surface area contributed by atoms with Gasteiger partial charge in [0.1, 0.15) is 23.1 Å². The summed E-state index contributed by atoms with van der Waals surface area (Å²) in [5, 5.41) is 11.7. The number of nitrogens with zero attached hydrogens (tertiary/aromatic N) is 3. The monoisotopic (exact) mass is 487 g/mol. The van der Waals surface area contributed by atoms with Crippen molar-refractivity contribution >= 4 is 46.2 Å². The van der Waals surface area contributed by atoms with Gasteiger partial charge in [0.2, 0.25) is 0 Å². The van der Waals surface area contributed by atoms with Crippen molar-refractivity contribution in [2.24, 2.45) is 0 Å². The van der Waals surface area contributed by atoms with Crippen molar-refractivity contribution in [3.63, 3.8) is 0 Å². The Bertz CT molecular complexity index is 1090. The Morgan fingerprint density at radius 3 is 2.26 bits per heavy atom. The molecule has 0 saturated carbocycles. The highest BCUT2D eigenvalue weighted by Crippen LogP contribution is 2.32. The Morgan fingerprint density at radius 2 is 1.55 bits per heavy atom. The van der Waals surface area contributed by atoms with E-state index in [1.807, 2.05) is 36.4 Å². The maximum absolute atomic E-state index is 5.81. The van der Waals surface area contributed by atoms with E-state index in [9.17, 15) is 0 Å². The lowest BCUT2D eigenvalue weighted by molar-refractivity contribution is 0.305. The van der Waals surface area contributed by atoms with Crippen molar-refractivity contribution in [2.75, 3.05) is 7.11 Å². The second-order valence-corrected chi connectivity index (χ2v) is 11.0. The molecular weight excluding hydrogens is 467 g/mol. The van der Waals surface area contributed by atoms with Crippen LogP contribution in [0.25, 0.3) is 0 Å². The largest absolute Gasteiger partial charge is 0.497 e. The Labute approximate surface area is 198 Å². The zero-order chi connectivity index (χ0) is 21.5. The van der Waals surface area contributed by atoms with Gasteiger partial charge in [0.25, 0.3) is 0 Å². The fraction of sp³-hybridized carbons (Fsp3) is 0.227. The molecule has 0 saturated heterocycles. The summed E-state index contributed by atoms with van der Waals surface area (Å²) >= 11 is 6.62. The highest BCUT2D eigenvalue weighted by atomic mass is 32.2. The summed E-state index contributed by atoms with van der Waals surface area (Å²) in [6.07, 6.45) is 0. The van der Waals surface area contributed by atoms with Gasteiger partial charge in [-0.15, -0.1) is 21.5 Å². The smallest absolute Gasteiger partial charge is 0.175 e. The Balaban J connectivity index is 1.22. The lowest BCUT2D eigenvalue weighted by atomic mass is 10.2. The van der Waals surface area contributed by atoms with Crippen LogP contribution in [0.1, 0.15) is 21.8 Å². The minimum Gasteiger partial charge on any atom is -0.497 e. The minimum absolute atomic E-state index is 0.489. The summed E-state index contributed by atoms with van der Waals surface area (Å²) < 4.78 is 12.9. The number of thiazole rings is 1. The van der Waals surface area contributed by atoms with E-state index in [-0.39, 0.29) is 0 Å². The fourth-order valence-electron chi connectivity index (χ4n) is 2.58. The standard InChI is InChI=1S/C22H21N3O2S4/c1-15-3-7-19(8-4-15)27-11-20-23-17(13-28-20)14-30-22-25-24-21(31-22)29-12-16-5-9-18(26-2)10-6-16/h3-10,13H,11-12,14H2,1-2H3. The van der Waals surface area contributed by atoms with Crippen molar-refractivity contribution in [1.82, 2.24) is 15.2 Å². The first-order valence-electron chi connectivity index (χ1n) is 9.53. The van der Waals surface area contributed by atoms with E-state index in [2.05, 4.69) is 39.6 Å². The van der Waals surface area contributed by atoms with Gasteiger partial charge in [-0.1, -0.05) is 64.7 Å². The highest BCUT2D eigenvalue weighted by molar-refractivity contribution is 8.02. The minimum atomic E-state index is 0.489. The highest BCUT2D eigenvalue weighted by Gasteiger charge is 2.09. The predicted octanol–water partition coefficient (Wildman–Crippen LogP) is 6.48. The van der Waals surface area contributed by atoms with Crippen LogP contribution >= 0.6 is 46.2 Å². The number of ether oxygens (including phenoxy) is 2. The fourth-order valence-corrected chi connectivity index (χ4v) is 6.26. The molecule has 0 radical (unpaired) electrons. The Hall–Kier alpha value is -2.07. The number of aryl methyl sites for hydroxylation is 1. The number of hydrogen-bond acceptors (Lipinski definition) is 9. The molecule has 2 heterocycles. The summed E-state index contributed by atoms with van der Waals surface area (Å²) in [6.45, 7) is 2.55. The molecular formula is C22H21N3O2S4. The molecule has 0 N–H and O–H groups in total. The summed E-state index contributed by atoms with van der Waals surface area (Å²) in [5.41, 5.74) is 3.50. The van der Waals surface area contributed by atoms with Crippen LogP contribution in [0.15, 0.2) is 62.6 Å². The molecule has 0 aliphatic rings. The number of hydrogen-bond donors (Lipinski definition) is 0. The molecule has 160 valence electrons. The zero-order valence-corrected chi connectivity index (χ0v) is 20.4. The normalized spacial score (nSPS) is 10.9. The molecule has 2 aromatic carbocycles. The average molecular weight is 488 g/mol. The Morgan fingerprint density at radius 1 is 0.871 bits per heavy atom. The van der Waals surface area contributed by atoms with Crippen molar-refractivity contribution in [2.45, 2.75) is 33.7 Å². The predicted molar refractivity (Wildman–Crippen MR) is 130 cm³/mol. The van der Waals surface area contributed by atoms with E-state index < -0.39 is 0 Å². The van der Waals surface area contributed by atoms with Crippen molar-refractivity contribution in [3.05, 3.63) is 75.7 Å². The number of thioether (sulfide) groups is 2. The van der Waals surface area contributed by atoms with Gasteiger partial charge >= 0.3 is 0 Å². The van der Waals surface area contributed by atoms with Gasteiger partial charge in [0, 0.05) is 16.9 Å². The lowest BCUT2D eigenvalue weighted by Crippen LogP contribution is -1.95. The van der Waals surface area contributed by atoms with Crippen LogP contribution in [0.3, 0.4) is 0 Å². The van der Waals surface area contributed by atoms with E-state index in [1.165, 1.54) is 11.1 Å².